The maximum Gasteiger partial charge on any atom is 0.214 e. The number of benzene rings is 2. The lowest BCUT2D eigenvalue weighted by atomic mass is 9.55. The second-order valence-electron chi connectivity index (χ2n) is 16.0. The van der Waals surface area contributed by atoms with Gasteiger partial charge in [-0.1, -0.05) is 41.8 Å². The molecule has 2 aliphatic heterocycles. The number of aromatic nitrogens is 2. The van der Waals surface area contributed by atoms with Gasteiger partial charge in [-0.25, -0.2) is 27.5 Å². The minimum Gasteiger partial charge on any atom is -0.369 e. The summed E-state index contributed by atoms with van der Waals surface area (Å²) in [6.07, 6.45) is 5.90. The Bertz CT molecular complexity index is 2080. The summed E-state index contributed by atoms with van der Waals surface area (Å²) in [6.45, 7) is 4.15. The SMILES string of the molecule is CN(C)C.CN(C)CC1CCC12CN(c1cc(F)c(SNc3cccc(F)n3)c(F)c1Cl)C2.Fc1cccc(NSc2c(F)cc(N3CC4(CCC4)C3)c(Cl)c2F)n1. The quantitative estimate of drug-likeness (QED) is 0.0697. The largest absolute Gasteiger partial charge is 0.369 e. The van der Waals surface area contributed by atoms with Crippen LogP contribution < -0.4 is 19.2 Å². The van der Waals surface area contributed by atoms with Crippen LogP contribution in [-0.2, 0) is 0 Å². The Morgan fingerprint density at radius 2 is 1.16 bits per heavy atom. The number of nitrogens with one attached hydrogen (secondary N) is 2. The molecule has 0 amide bonds. The lowest BCUT2D eigenvalue weighted by Gasteiger charge is -2.62. The minimum atomic E-state index is -0.824. The molecule has 4 heterocycles. The Morgan fingerprint density at radius 3 is 1.52 bits per heavy atom. The van der Waals surface area contributed by atoms with Gasteiger partial charge in [0.05, 0.1) is 11.4 Å². The summed E-state index contributed by atoms with van der Waals surface area (Å²) in [4.78, 5) is 14.7. The topological polar surface area (TPSA) is 62.8 Å². The van der Waals surface area contributed by atoms with Crippen LogP contribution in [0.2, 0.25) is 10.0 Å². The fourth-order valence-electron chi connectivity index (χ4n) is 7.63. The van der Waals surface area contributed by atoms with E-state index in [0.717, 1.165) is 39.1 Å². The van der Waals surface area contributed by atoms with Crippen LogP contribution in [0.1, 0.15) is 32.1 Å². The van der Waals surface area contributed by atoms with Gasteiger partial charge in [0.2, 0.25) is 11.9 Å². The molecule has 1 unspecified atom stereocenters. The van der Waals surface area contributed by atoms with Crippen molar-refractivity contribution in [2.24, 2.45) is 16.7 Å². The molecule has 1 atom stereocenters. The van der Waals surface area contributed by atoms with E-state index in [0.29, 0.717) is 46.6 Å². The average molecular weight is 888 g/mol. The summed E-state index contributed by atoms with van der Waals surface area (Å²) in [5.74, 6) is -3.48. The number of pyridine rings is 2. The van der Waals surface area contributed by atoms with E-state index in [-0.39, 0.29) is 36.9 Å². The van der Waals surface area contributed by atoms with Crippen molar-refractivity contribution in [1.82, 2.24) is 19.8 Å². The molecule has 2 saturated heterocycles. The Balaban J connectivity index is 0.000000181. The smallest absolute Gasteiger partial charge is 0.214 e. The highest BCUT2D eigenvalue weighted by Gasteiger charge is 2.55. The van der Waals surface area contributed by atoms with E-state index in [1.807, 2.05) is 35.8 Å². The molecule has 4 aromatic rings. The lowest BCUT2D eigenvalue weighted by molar-refractivity contribution is -0.0150. The first-order valence-electron chi connectivity index (χ1n) is 18.7. The summed E-state index contributed by atoms with van der Waals surface area (Å²) in [6, 6.07) is 10.8. The second-order valence-corrected chi connectivity index (χ2v) is 18.4. The summed E-state index contributed by atoms with van der Waals surface area (Å²) in [5.41, 5.74) is 1.34. The van der Waals surface area contributed by atoms with Crippen LogP contribution >= 0.6 is 47.1 Å². The molecule has 314 valence electrons. The number of nitrogens with zero attached hydrogens (tertiary/aromatic N) is 6. The lowest BCUT2D eigenvalue weighted by Crippen LogP contribution is -2.66. The maximum atomic E-state index is 14.8. The molecule has 8 rings (SSSR count). The summed E-state index contributed by atoms with van der Waals surface area (Å²) < 4.78 is 89.9. The molecule has 18 heteroatoms. The molecule has 4 aliphatic rings. The highest BCUT2D eigenvalue weighted by Crippen LogP contribution is 2.55. The van der Waals surface area contributed by atoms with Crippen LogP contribution in [0.25, 0.3) is 0 Å². The summed E-state index contributed by atoms with van der Waals surface area (Å²) >= 11 is 13.8. The van der Waals surface area contributed by atoms with Gasteiger partial charge in [-0.15, -0.1) is 0 Å². The molecule has 2 N–H and O–H groups in total. The van der Waals surface area contributed by atoms with Crippen molar-refractivity contribution >= 4 is 70.1 Å². The maximum absolute atomic E-state index is 14.8. The van der Waals surface area contributed by atoms with Gasteiger partial charge in [0.25, 0.3) is 0 Å². The van der Waals surface area contributed by atoms with Crippen LogP contribution in [0.3, 0.4) is 0 Å². The van der Waals surface area contributed by atoms with E-state index in [4.69, 9.17) is 23.2 Å². The van der Waals surface area contributed by atoms with Gasteiger partial charge in [-0.2, -0.15) is 8.78 Å². The Morgan fingerprint density at radius 1 is 0.707 bits per heavy atom. The third-order valence-corrected chi connectivity index (χ3v) is 13.2. The van der Waals surface area contributed by atoms with Crippen molar-refractivity contribution < 1.29 is 26.3 Å². The predicted molar refractivity (Wildman–Crippen MR) is 224 cm³/mol. The normalized spacial score (nSPS) is 18.4. The summed E-state index contributed by atoms with van der Waals surface area (Å²) in [5, 5.41) is -0.187. The van der Waals surface area contributed by atoms with Crippen molar-refractivity contribution in [3.8, 4) is 0 Å². The van der Waals surface area contributed by atoms with Crippen LogP contribution in [0.15, 0.2) is 58.3 Å². The monoisotopic (exact) mass is 886 g/mol. The highest BCUT2D eigenvalue weighted by molar-refractivity contribution is 8.00. The molecule has 2 spiro atoms. The fourth-order valence-corrected chi connectivity index (χ4v) is 9.61. The van der Waals surface area contributed by atoms with Gasteiger partial charge < -0.3 is 29.0 Å². The van der Waals surface area contributed by atoms with E-state index in [1.54, 1.807) is 0 Å². The van der Waals surface area contributed by atoms with Gasteiger partial charge in [-0.3, -0.25) is 0 Å². The number of rotatable bonds is 10. The van der Waals surface area contributed by atoms with E-state index in [9.17, 15) is 26.3 Å². The molecule has 2 saturated carbocycles. The van der Waals surface area contributed by atoms with Crippen LogP contribution in [0.5, 0.6) is 0 Å². The van der Waals surface area contributed by atoms with Crippen molar-refractivity contribution in [2.75, 3.05) is 87.2 Å². The summed E-state index contributed by atoms with van der Waals surface area (Å²) in [7, 11) is 10.1. The molecule has 2 aromatic heterocycles. The van der Waals surface area contributed by atoms with E-state index >= 15 is 0 Å². The van der Waals surface area contributed by atoms with E-state index in [2.05, 4.69) is 38.4 Å². The van der Waals surface area contributed by atoms with Crippen LogP contribution in [-0.4, -0.2) is 87.7 Å². The van der Waals surface area contributed by atoms with Gasteiger partial charge in [0.15, 0.2) is 11.6 Å². The van der Waals surface area contributed by atoms with Crippen LogP contribution in [0.4, 0.5) is 49.4 Å². The molecule has 4 fully saturated rings. The molecule has 2 aliphatic carbocycles. The van der Waals surface area contributed by atoms with Gasteiger partial charge in [-0.05, 0) is 115 Å². The average Bonchev–Trinajstić information content (AvgIpc) is 3.09. The third-order valence-electron chi connectivity index (χ3n) is 10.7. The van der Waals surface area contributed by atoms with Crippen LogP contribution in [0, 0.1) is 51.9 Å². The molecule has 0 radical (unpaired) electrons. The minimum absolute atomic E-state index is 0.0907. The molecular formula is C40H46Cl2F6N8S2. The molecular weight excluding hydrogens is 842 g/mol. The second kappa shape index (κ2) is 18.5. The van der Waals surface area contributed by atoms with Crippen molar-refractivity contribution in [3.63, 3.8) is 0 Å². The molecule has 8 nitrogen and oxygen atoms in total. The first-order valence-corrected chi connectivity index (χ1v) is 21.1. The molecule has 58 heavy (non-hydrogen) atoms. The zero-order valence-corrected chi connectivity index (χ0v) is 35.9. The molecule has 0 bridgehead atoms. The van der Waals surface area contributed by atoms with Gasteiger partial charge in [0.1, 0.15) is 43.1 Å². The van der Waals surface area contributed by atoms with Gasteiger partial charge >= 0.3 is 0 Å². The van der Waals surface area contributed by atoms with Crippen molar-refractivity contribution in [3.05, 3.63) is 93.7 Å². The Labute approximate surface area is 354 Å². The first kappa shape index (κ1) is 44.3. The number of halogens is 8. The molecule has 2 aromatic carbocycles. The number of anilines is 4. The zero-order valence-electron chi connectivity index (χ0n) is 32.8. The standard InChI is InChI=1S/C20H22ClF3N4S.C17H15ClF3N3S.C3H9N/c1-27(2)9-12-6-7-20(12)10-28(11-20)14-8-13(22)19(18(24)17(14)21)29-26-16-5-3-4-15(23)25-16;18-14-11(24-8-17(9-24)5-2-6-17)7-10(19)16(15(14)21)25-23-13-4-1-3-12(20)22-13;1-4(2)3/h3-5,8,12H,6-7,9-11H2,1-2H3,(H,25,26);1,3-4,7H,2,5-6,8-9H2,(H,22,23);1-3H3. The van der Waals surface area contributed by atoms with Crippen molar-refractivity contribution in [1.29, 1.82) is 0 Å². The first-order chi connectivity index (χ1) is 27.5. The number of hydrogen-bond acceptors (Lipinski definition) is 10. The predicted octanol–water partition coefficient (Wildman–Crippen LogP) is 10.5. The van der Waals surface area contributed by atoms with Crippen molar-refractivity contribution in [2.45, 2.75) is 41.9 Å². The fraction of sp³-hybridized carbons (Fsp3) is 0.450. The third kappa shape index (κ3) is 10.0. The van der Waals surface area contributed by atoms with Gasteiger partial charge in [0, 0.05) is 55.7 Å². The Hall–Kier alpha value is -3.28. The van der Waals surface area contributed by atoms with E-state index in [1.165, 1.54) is 74.2 Å². The number of hydrogen-bond donors (Lipinski definition) is 2. The highest BCUT2D eigenvalue weighted by atomic mass is 35.5. The Kier molecular flexibility index (Phi) is 14.2. The van der Waals surface area contributed by atoms with E-state index < -0.39 is 35.2 Å². The zero-order chi connectivity index (χ0) is 41.9.